The highest BCUT2D eigenvalue weighted by atomic mass is 35.5. The van der Waals surface area contributed by atoms with Gasteiger partial charge in [0, 0.05) is 46.0 Å². The molecule has 3 heterocycles. The largest absolute Gasteiger partial charge is 0.366 e. The second-order valence-corrected chi connectivity index (χ2v) is 9.03. The summed E-state index contributed by atoms with van der Waals surface area (Å²) < 4.78 is 1.66. The number of halogens is 1. The summed E-state index contributed by atoms with van der Waals surface area (Å²) in [5, 5.41) is 12.3. The van der Waals surface area contributed by atoms with Gasteiger partial charge in [0.2, 0.25) is 0 Å². The van der Waals surface area contributed by atoms with Crippen LogP contribution in [-0.4, -0.2) is 33.3 Å². The van der Waals surface area contributed by atoms with Gasteiger partial charge in [0.1, 0.15) is 19.4 Å². The molecule has 37 heavy (non-hydrogen) atoms. The van der Waals surface area contributed by atoms with E-state index in [-0.39, 0.29) is 5.91 Å². The third kappa shape index (κ3) is 4.55. The zero-order chi connectivity index (χ0) is 25.4. The van der Waals surface area contributed by atoms with E-state index < -0.39 is 0 Å². The molecule has 3 aromatic heterocycles. The molecule has 0 aliphatic rings. The van der Waals surface area contributed by atoms with Gasteiger partial charge in [0.05, 0.1) is 5.69 Å². The highest BCUT2D eigenvalue weighted by Crippen LogP contribution is 2.28. The van der Waals surface area contributed by atoms with Crippen molar-refractivity contribution in [1.82, 2.24) is 19.6 Å². The van der Waals surface area contributed by atoms with Crippen molar-refractivity contribution in [2.45, 2.75) is 6.54 Å². The summed E-state index contributed by atoms with van der Waals surface area (Å²) in [5.41, 5.74) is 5.60. The van der Waals surface area contributed by atoms with Gasteiger partial charge >= 0.3 is 0 Å². The summed E-state index contributed by atoms with van der Waals surface area (Å²) in [6.45, 7) is 0.483. The standard InChI is InChI=1S/C28H20BClN6O/c29-21-16-32-36-26(14-24(35-27(21)36)20-9-2-3-10-22(20)30)31-15-17-6-5-8-19(12-17)33-28(37)25-13-18-7-1-4-11-23(18)34-25/h1-14,16,31,34H,15H2,(H,33,37). The number of nitrogens with zero attached hydrogens (tertiary/aromatic N) is 3. The minimum absolute atomic E-state index is 0.200. The third-order valence-corrected chi connectivity index (χ3v) is 6.41. The molecule has 3 N–H and O–H groups in total. The maximum Gasteiger partial charge on any atom is 0.272 e. The van der Waals surface area contributed by atoms with Gasteiger partial charge in [-0.05, 0) is 41.4 Å². The van der Waals surface area contributed by atoms with E-state index in [1.54, 1.807) is 10.7 Å². The van der Waals surface area contributed by atoms with E-state index in [4.69, 9.17) is 19.4 Å². The number of hydrogen-bond acceptors (Lipinski definition) is 4. The van der Waals surface area contributed by atoms with Crippen molar-refractivity contribution in [2.75, 3.05) is 10.6 Å². The van der Waals surface area contributed by atoms with Crippen LogP contribution in [0.5, 0.6) is 0 Å². The van der Waals surface area contributed by atoms with E-state index >= 15 is 0 Å². The predicted octanol–water partition coefficient (Wildman–Crippen LogP) is 5.19. The van der Waals surface area contributed by atoms with Crippen molar-refractivity contribution in [3.63, 3.8) is 0 Å². The Bertz CT molecular complexity index is 1740. The molecule has 0 bridgehead atoms. The Morgan fingerprint density at radius 3 is 2.70 bits per heavy atom. The minimum atomic E-state index is -0.200. The second kappa shape index (κ2) is 9.48. The Balaban J connectivity index is 1.24. The van der Waals surface area contributed by atoms with Crippen LogP contribution in [0.4, 0.5) is 11.5 Å². The fourth-order valence-corrected chi connectivity index (χ4v) is 4.49. The molecule has 0 aliphatic heterocycles. The highest BCUT2D eigenvalue weighted by molar-refractivity contribution is 6.36. The number of aromatic amines is 1. The van der Waals surface area contributed by atoms with Gasteiger partial charge < -0.3 is 15.6 Å². The molecule has 3 aromatic carbocycles. The SMILES string of the molecule is [B]c1cnn2c(NCc3cccc(NC(=O)c4cc5ccccc5[nH]4)c3)cc(-c3ccccc3Cl)nc12. The summed E-state index contributed by atoms with van der Waals surface area (Å²) >= 11 is 6.42. The molecule has 178 valence electrons. The number of nitrogens with one attached hydrogen (secondary N) is 3. The van der Waals surface area contributed by atoms with Crippen LogP contribution in [0.3, 0.4) is 0 Å². The second-order valence-electron chi connectivity index (χ2n) is 8.62. The number of hydrogen-bond donors (Lipinski definition) is 3. The normalized spacial score (nSPS) is 11.2. The van der Waals surface area contributed by atoms with Crippen LogP contribution in [0.1, 0.15) is 16.1 Å². The Morgan fingerprint density at radius 2 is 1.84 bits per heavy atom. The zero-order valence-corrected chi connectivity index (χ0v) is 20.3. The lowest BCUT2D eigenvalue weighted by atomic mass is 10.0. The van der Waals surface area contributed by atoms with Gasteiger partial charge in [-0.25, -0.2) is 4.98 Å². The van der Waals surface area contributed by atoms with Crippen LogP contribution in [0.25, 0.3) is 27.8 Å². The minimum Gasteiger partial charge on any atom is -0.366 e. The lowest BCUT2D eigenvalue weighted by molar-refractivity contribution is 0.102. The van der Waals surface area contributed by atoms with Gasteiger partial charge in [-0.3, -0.25) is 4.79 Å². The predicted molar refractivity (Wildman–Crippen MR) is 149 cm³/mol. The van der Waals surface area contributed by atoms with E-state index in [1.807, 2.05) is 84.9 Å². The van der Waals surface area contributed by atoms with Crippen LogP contribution >= 0.6 is 11.6 Å². The molecule has 1 amide bonds. The summed E-state index contributed by atoms with van der Waals surface area (Å²) in [4.78, 5) is 20.7. The van der Waals surface area contributed by atoms with Crippen molar-refractivity contribution in [1.29, 1.82) is 0 Å². The average Bonchev–Trinajstić information content (AvgIpc) is 3.52. The Labute approximate surface area is 218 Å². The quantitative estimate of drug-likeness (QED) is 0.274. The highest BCUT2D eigenvalue weighted by Gasteiger charge is 2.13. The summed E-state index contributed by atoms with van der Waals surface area (Å²) in [7, 11) is 6.13. The maximum absolute atomic E-state index is 12.8. The Hall–Kier alpha value is -4.56. The molecule has 0 saturated heterocycles. The molecule has 0 aliphatic carbocycles. The fraction of sp³-hybridized carbons (Fsp3) is 0.0357. The number of aromatic nitrogens is 4. The topological polar surface area (TPSA) is 87.1 Å². The van der Waals surface area contributed by atoms with Crippen molar-refractivity contribution >= 4 is 58.9 Å². The maximum atomic E-state index is 12.8. The number of anilines is 2. The van der Waals surface area contributed by atoms with Crippen molar-refractivity contribution in [3.8, 4) is 11.3 Å². The van der Waals surface area contributed by atoms with E-state index in [1.165, 1.54) is 0 Å². The van der Waals surface area contributed by atoms with Crippen LogP contribution in [0, 0.1) is 0 Å². The van der Waals surface area contributed by atoms with Crippen molar-refractivity contribution in [2.24, 2.45) is 0 Å². The van der Waals surface area contributed by atoms with Gasteiger partial charge in [-0.15, -0.1) is 0 Å². The molecule has 0 spiro atoms. The first-order valence-electron chi connectivity index (χ1n) is 11.7. The smallest absolute Gasteiger partial charge is 0.272 e. The third-order valence-electron chi connectivity index (χ3n) is 6.08. The number of carbonyl (C=O) groups excluding carboxylic acids is 1. The van der Waals surface area contributed by atoms with Crippen molar-refractivity contribution < 1.29 is 4.79 Å². The summed E-state index contributed by atoms with van der Waals surface area (Å²) in [5.74, 6) is 0.512. The van der Waals surface area contributed by atoms with Crippen LogP contribution in [0.2, 0.25) is 5.02 Å². The molecule has 2 radical (unpaired) electrons. The number of fused-ring (bicyclic) bond motifs is 2. The summed E-state index contributed by atoms with van der Waals surface area (Å²) in [6, 6.07) is 26.7. The lowest BCUT2D eigenvalue weighted by Gasteiger charge is -2.13. The average molecular weight is 503 g/mol. The molecular formula is C28H20BClN6O. The van der Waals surface area contributed by atoms with E-state index in [9.17, 15) is 4.79 Å². The molecule has 6 aromatic rings. The van der Waals surface area contributed by atoms with Crippen LogP contribution in [-0.2, 0) is 6.54 Å². The zero-order valence-electron chi connectivity index (χ0n) is 19.6. The fourth-order valence-electron chi connectivity index (χ4n) is 4.26. The molecule has 6 rings (SSSR count). The molecular weight excluding hydrogens is 483 g/mol. The first kappa shape index (κ1) is 22.9. The van der Waals surface area contributed by atoms with Gasteiger partial charge in [0.15, 0.2) is 5.65 Å². The van der Waals surface area contributed by atoms with Gasteiger partial charge in [0.25, 0.3) is 5.91 Å². The number of para-hydroxylation sites is 1. The number of rotatable bonds is 6. The Morgan fingerprint density at radius 1 is 1.00 bits per heavy atom. The summed E-state index contributed by atoms with van der Waals surface area (Å²) in [6.07, 6.45) is 1.57. The molecule has 9 heteroatoms. The monoisotopic (exact) mass is 502 g/mol. The van der Waals surface area contributed by atoms with Gasteiger partial charge in [-0.1, -0.05) is 60.1 Å². The number of benzene rings is 3. The number of carbonyl (C=O) groups is 1. The van der Waals surface area contributed by atoms with E-state index in [2.05, 4.69) is 25.7 Å². The number of amides is 1. The molecule has 7 nitrogen and oxygen atoms in total. The van der Waals surface area contributed by atoms with Crippen molar-refractivity contribution in [3.05, 3.63) is 107 Å². The first-order chi connectivity index (χ1) is 18.0. The molecule has 0 unspecified atom stereocenters. The number of H-pyrrole nitrogens is 1. The van der Waals surface area contributed by atoms with E-state index in [0.717, 1.165) is 22.0 Å². The lowest BCUT2D eigenvalue weighted by Crippen LogP contribution is -2.13. The van der Waals surface area contributed by atoms with Gasteiger partial charge in [-0.2, -0.15) is 9.61 Å². The van der Waals surface area contributed by atoms with Crippen LogP contribution in [0.15, 0.2) is 91.1 Å². The molecule has 0 saturated carbocycles. The first-order valence-corrected chi connectivity index (χ1v) is 12.0. The molecule has 0 atom stereocenters. The van der Waals surface area contributed by atoms with E-state index in [0.29, 0.717) is 45.6 Å². The van der Waals surface area contributed by atoms with Crippen LogP contribution < -0.4 is 16.1 Å². The Kier molecular flexibility index (Phi) is 5.86. The molecule has 0 fully saturated rings.